The number of pyridine rings is 2. The first-order valence-electron chi connectivity index (χ1n) is 31.8. The van der Waals surface area contributed by atoms with Crippen LogP contribution in [0.3, 0.4) is 0 Å². The molecule has 11 rings (SSSR count). The van der Waals surface area contributed by atoms with Gasteiger partial charge in [-0.15, -0.1) is 0 Å². The standard InChI is InChI=1S/C37H45N3O3.C25H34N2O.C12H11NO2/c41-34(28-43-35-19-20-36-32(26-35)16-9-23-38-36)27-40-24-21-31(22-25-40)37(42)39-33(17-7-14-29-10-3-1-4-11-29)18-8-15-30-12-5-2-6-13-30;28-25(23-17-19-26-20-18-23)27-24(15-7-13-21-9-3-1-4-10-21)16-8-14-22-11-5-2-6-12-22;1-2-9-6-10(14-7-11-8-15-11)3-4-12(9)13-5-1/h1-6,9-13,16,19-20,23,26,31,33-34,41H,7-8,14-15,17-18,21-22,24-25,27-28H2,(H,39,42);1-6,9-12,23-24,26H,7-8,13-20H2,(H,27,28);1-6,11H,7-8H2/t34-;;11-/m1.0/s1. The summed E-state index contributed by atoms with van der Waals surface area (Å²) in [5.74, 6) is 2.29. The zero-order valence-electron chi connectivity index (χ0n) is 50.2. The number of aliphatic hydroxyl groups excluding tert-OH is 1. The molecule has 452 valence electrons. The van der Waals surface area contributed by atoms with Crippen molar-refractivity contribution in [1.29, 1.82) is 0 Å². The Labute approximate surface area is 510 Å². The number of carbonyl (C=O) groups excluding carboxylic acids is 2. The summed E-state index contributed by atoms with van der Waals surface area (Å²) in [7, 11) is 0. The van der Waals surface area contributed by atoms with Crippen molar-refractivity contribution in [2.75, 3.05) is 52.5 Å². The van der Waals surface area contributed by atoms with Crippen LogP contribution in [0.5, 0.6) is 11.5 Å². The molecule has 3 fully saturated rings. The minimum atomic E-state index is -0.589. The molecule has 0 radical (unpaired) electrons. The molecule has 5 heterocycles. The minimum absolute atomic E-state index is 0.0293. The van der Waals surface area contributed by atoms with Crippen LogP contribution in [0.2, 0.25) is 0 Å². The second kappa shape index (κ2) is 35.2. The lowest BCUT2D eigenvalue weighted by atomic mass is 9.94. The number of nitrogens with zero attached hydrogens (tertiary/aromatic N) is 3. The molecule has 0 unspecified atom stereocenters. The molecule has 2 aromatic heterocycles. The van der Waals surface area contributed by atoms with Gasteiger partial charge in [0.15, 0.2) is 0 Å². The predicted molar refractivity (Wildman–Crippen MR) is 346 cm³/mol. The van der Waals surface area contributed by atoms with Crippen molar-refractivity contribution >= 4 is 33.6 Å². The SMILES string of the molecule is O=C(NC(CCCc1ccccc1)CCCc1ccccc1)C1CCN(C[C@@H](O)COc2ccc3ncccc3c2)CC1.O=C(NC(CCCc1ccccc1)CCCc1ccccc1)C1CCNCC1.c1cnc2ccc(OC[C@H]3CO3)cc2c1. The number of nitrogens with one attached hydrogen (secondary N) is 3. The fraction of sp³-hybridized carbons (Fsp3) is 0.405. The van der Waals surface area contributed by atoms with E-state index in [1.807, 2.05) is 60.7 Å². The Morgan fingerprint density at radius 3 is 1.36 bits per heavy atom. The first-order valence-corrected chi connectivity index (χ1v) is 31.8. The zero-order chi connectivity index (χ0) is 59.2. The third-order valence-electron chi connectivity index (χ3n) is 16.7. The van der Waals surface area contributed by atoms with Crippen molar-refractivity contribution in [3.05, 3.63) is 217 Å². The summed E-state index contributed by atoms with van der Waals surface area (Å²) in [5, 5.41) is 22.9. The number of rotatable bonds is 28. The Bertz CT molecular complexity index is 3100. The van der Waals surface area contributed by atoms with Crippen LogP contribution in [0.25, 0.3) is 21.8 Å². The number of aliphatic hydroxyl groups is 1. The topological polar surface area (TPSA) is 150 Å². The maximum atomic E-state index is 13.4. The maximum Gasteiger partial charge on any atom is 0.223 e. The Morgan fingerprint density at radius 1 is 0.535 bits per heavy atom. The highest BCUT2D eigenvalue weighted by Crippen LogP contribution is 2.24. The van der Waals surface area contributed by atoms with Gasteiger partial charge in [0, 0.05) is 53.6 Å². The van der Waals surface area contributed by atoms with E-state index >= 15 is 0 Å². The molecule has 12 nitrogen and oxygen atoms in total. The summed E-state index contributed by atoms with van der Waals surface area (Å²) in [5.41, 5.74) is 7.39. The van der Waals surface area contributed by atoms with Crippen molar-refractivity contribution in [3.8, 4) is 11.5 Å². The lowest BCUT2D eigenvalue weighted by molar-refractivity contribution is -0.127. The molecule has 0 saturated carbocycles. The molecule has 0 spiro atoms. The number of aryl methyl sites for hydroxylation is 4. The van der Waals surface area contributed by atoms with Crippen LogP contribution in [-0.2, 0) is 40.0 Å². The monoisotopic (exact) mass is 1160 g/mol. The van der Waals surface area contributed by atoms with E-state index in [9.17, 15) is 14.7 Å². The number of ether oxygens (including phenoxy) is 3. The van der Waals surface area contributed by atoms with E-state index in [-0.39, 0.29) is 42.3 Å². The smallest absolute Gasteiger partial charge is 0.223 e. The van der Waals surface area contributed by atoms with E-state index < -0.39 is 6.10 Å². The van der Waals surface area contributed by atoms with Crippen LogP contribution < -0.4 is 25.4 Å². The number of likely N-dealkylation sites (tertiary alicyclic amines) is 1. The molecular formula is C74H90N6O6. The Balaban J connectivity index is 0.000000174. The number of benzene rings is 6. The van der Waals surface area contributed by atoms with Gasteiger partial charge in [0.05, 0.1) is 17.6 Å². The highest BCUT2D eigenvalue weighted by Gasteiger charge is 2.28. The number of aromatic nitrogens is 2. The first-order chi connectivity index (χ1) is 42.3. The van der Waals surface area contributed by atoms with Crippen LogP contribution in [-0.4, -0.2) is 109 Å². The van der Waals surface area contributed by atoms with Crippen LogP contribution in [0.1, 0.15) is 99.3 Å². The van der Waals surface area contributed by atoms with Gasteiger partial charge in [0.2, 0.25) is 11.8 Å². The molecule has 0 aliphatic carbocycles. The van der Waals surface area contributed by atoms with E-state index in [0.717, 1.165) is 169 Å². The highest BCUT2D eigenvalue weighted by atomic mass is 16.6. The van der Waals surface area contributed by atoms with Gasteiger partial charge >= 0.3 is 0 Å². The molecular weight excluding hydrogens is 1070 g/mol. The predicted octanol–water partition coefficient (Wildman–Crippen LogP) is 12.7. The quantitative estimate of drug-likeness (QED) is 0.0349. The Kier molecular flexibility index (Phi) is 25.8. The molecule has 3 aliphatic heterocycles. The molecule has 2 amide bonds. The normalized spacial score (nSPS) is 15.7. The number of hydrogen-bond acceptors (Lipinski definition) is 10. The van der Waals surface area contributed by atoms with Gasteiger partial charge in [-0.3, -0.25) is 19.6 Å². The van der Waals surface area contributed by atoms with E-state index in [1.54, 1.807) is 12.4 Å². The lowest BCUT2D eigenvalue weighted by Crippen LogP contribution is -2.46. The Morgan fingerprint density at radius 2 is 0.942 bits per heavy atom. The largest absolute Gasteiger partial charge is 0.491 e. The number of carbonyl (C=O) groups is 2. The second-order valence-electron chi connectivity index (χ2n) is 23.5. The number of amides is 2. The number of fused-ring (bicyclic) bond motifs is 2. The number of epoxide rings is 1. The Hall–Kier alpha value is -7.48. The second-order valence-corrected chi connectivity index (χ2v) is 23.5. The molecule has 4 N–H and O–H groups in total. The van der Waals surface area contributed by atoms with Gasteiger partial charge < -0.3 is 40.2 Å². The third kappa shape index (κ3) is 22.4. The summed E-state index contributed by atoms with van der Waals surface area (Å²) < 4.78 is 16.5. The van der Waals surface area contributed by atoms with Gasteiger partial charge in [-0.05, 0) is 200 Å². The number of piperidine rings is 2. The van der Waals surface area contributed by atoms with Gasteiger partial charge in [0.25, 0.3) is 0 Å². The molecule has 12 heteroatoms. The minimum Gasteiger partial charge on any atom is -0.491 e. The molecule has 3 saturated heterocycles. The molecule has 3 aliphatic rings. The summed E-state index contributed by atoms with van der Waals surface area (Å²) in [4.78, 5) is 36.9. The van der Waals surface area contributed by atoms with Gasteiger partial charge in [-0.2, -0.15) is 0 Å². The van der Waals surface area contributed by atoms with Crippen molar-refractivity contribution in [2.45, 2.75) is 127 Å². The highest BCUT2D eigenvalue weighted by molar-refractivity contribution is 5.81. The van der Waals surface area contributed by atoms with Crippen molar-refractivity contribution in [2.24, 2.45) is 11.8 Å². The average molecular weight is 1160 g/mol. The molecule has 86 heavy (non-hydrogen) atoms. The van der Waals surface area contributed by atoms with Crippen LogP contribution >= 0.6 is 0 Å². The van der Waals surface area contributed by atoms with Crippen LogP contribution in [0.15, 0.2) is 194 Å². The maximum absolute atomic E-state index is 13.4. The van der Waals surface area contributed by atoms with E-state index in [2.05, 4.69) is 152 Å². The molecule has 2 atom stereocenters. The van der Waals surface area contributed by atoms with Crippen molar-refractivity contribution in [1.82, 2.24) is 30.8 Å². The average Bonchev–Trinajstić information content (AvgIpc) is 4.49. The fourth-order valence-corrected chi connectivity index (χ4v) is 11.6. The van der Waals surface area contributed by atoms with Gasteiger partial charge in [-0.1, -0.05) is 133 Å². The van der Waals surface area contributed by atoms with E-state index in [4.69, 9.17) is 14.2 Å². The van der Waals surface area contributed by atoms with Crippen molar-refractivity contribution < 1.29 is 28.9 Å². The fourth-order valence-electron chi connectivity index (χ4n) is 11.6. The van der Waals surface area contributed by atoms with Gasteiger partial charge in [0.1, 0.15) is 36.9 Å². The molecule has 6 aromatic carbocycles. The zero-order valence-corrected chi connectivity index (χ0v) is 50.2. The summed E-state index contributed by atoms with van der Waals surface area (Å²) in [6.45, 7) is 5.80. The first kappa shape index (κ1) is 63.0. The number of β-amino-alcohol motifs (C(OH)–C–C–N with tert-alkyl or cyclic N) is 1. The van der Waals surface area contributed by atoms with Crippen LogP contribution in [0, 0.1) is 11.8 Å². The summed E-state index contributed by atoms with van der Waals surface area (Å²) in [6, 6.07) is 62.6. The van der Waals surface area contributed by atoms with E-state index in [0.29, 0.717) is 19.3 Å². The molecule has 0 bridgehead atoms. The summed E-state index contributed by atoms with van der Waals surface area (Å²) in [6.07, 6.45) is 19.5. The van der Waals surface area contributed by atoms with E-state index in [1.165, 1.54) is 22.3 Å². The third-order valence-corrected chi connectivity index (χ3v) is 16.7. The number of hydrogen-bond donors (Lipinski definition) is 4. The van der Waals surface area contributed by atoms with Crippen molar-refractivity contribution in [3.63, 3.8) is 0 Å². The van der Waals surface area contributed by atoms with Crippen LogP contribution in [0.4, 0.5) is 0 Å². The lowest BCUT2D eigenvalue weighted by Gasteiger charge is -2.33. The summed E-state index contributed by atoms with van der Waals surface area (Å²) >= 11 is 0. The molecule has 8 aromatic rings. The van der Waals surface area contributed by atoms with Gasteiger partial charge in [-0.25, -0.2) is 0 Å².